The molecule has 1 amide bonds. The van der Waals surface area contributed by atoms with Crippen LogP contribution in [0.1, 0.15) is 31.9 Å². The van der Waals surface area contributed by atoms with E-state index in [-0.39, 0.29) is 11.3 Å². The van der Waals surface area contributed by atoms with Gasteiger partial charge in [-0.1, -0.05) is 75.4 Å². The van der Waals surface area contributed by atoms with Crippen LogP contribution in [0.25, 0.3) is 16.8 Å². The van der Waals surface area contributed by atoms with Gasteiger partial charge in [0.15, 0.2) is 0 Å². The van der Waals surface area contributed by atoms with Gasteiger partial charge in [0.25, 0.3) is 0 Å². The molecule has 3 aromatic carbocycles. The Kier molecular flexibility index (Phi) is 4.71. The third kappa shape index (κ3) is 4.36. The first-order valence-electron chi connectivity index (χ1n) is 8.50. The first-order valence-corrected chi connectivity index (χ1v) is 8.50. The van der Waals surface area contributed by atoms with Gasteiger partial charge in [-0.05, 0) is 45.5 Å². The zero-order valence-corrected chi connectivity index (χ0v) is 14.9. The second-order valence-electron chi connectivity index (χ2n) is 7.26. The maximum Gasteiger partial charge on any atom is 0.248 e. The minimum Gasteiger partial charge on any atom is -0.322 e. The molecule has 0 saturated heterocycles. The highest BCUT2D eigenvalue weighted by Gasteiger charge is 2.12. The molecular formula is C23H23NO. The summed E-state index contributed by atoms with van der Waals surface area (Å²) in [6, 6.07) is 22.3. The summed E-state index contributed by atoms with van der Waals surface area (Å²) < 4.78 is 0. The van der Waals surface area contributed by atoms with Crippen LogP contribution in [0.3, 0.4) is 0 Å². The van der Waals surface area contributed by atoms with Crippen LogP contribution < -0.4 is 5.32 Å². The maximum absolute atomic E-state index is 12.2. The molecule has 0 heterocycles. The van der Waals surface area contributed by atoms with E-state index in [1.54, 1.807) is 6.08 Å². The molecule has 0 aliphatic heterocycles. The molecule has 0 spiro atoms. The first kappa shape index (κ1) is 17.0. The van der Waals surface area contributed by atoms with Crippen LogP contribution in [0, 0.1) is 0 Å². The van der Waals surface area contributed by atoms with E-state index in [1.165, 1.54) is 5.56 Å². The molecule has 0 bridgehead atoms. The molecule has 3 aromatic rings. The van der Waals surface area contributed by atoms with E-state index in [0.717, 1.165) is 22.0 Å². The highest BCUT2D eigenvalue weighted by molar-refractivity contribution is 6.03. The normalized spacial score (nSPS) is 11.8. The Bertz CT molecular complexity index is 915. The van der Waals surface area contributed by atoms with Crippen LogP contribution >= 0.6 is 0 Å². The van der Waals surface area contributed by atoms with E-state index >= 15 is 0 Å². The minimum atomic E-state index is -0.129. The zero-order chi connectivity index (χ0) is 17.9. The highest BCUT2D eigenvalue weighted by Crippen LogP contribution is 2.22. The quantitative estimate of drug-likeness (QED) is 0.605. The Morgan fingerprint density at radius 2 is 1.56 bits per heavy atom. The predicted molar refractivity (Wildman–Crippen MR) is 107 cm³/mol. The molecule has 0 radical (unpaired) electrons. The summed E-state index contributed by atoms with van der Waals surface area (Å²) >= 11 is 0. The van der Waals surface area contributed by atoms with Gasteiger partial charge in [-0.25, -0.2) is 0 Å². The fourth-order valence-electron chi connectivity index (χ4n) is 2.72. The van der Waals surface area contributed by atoms with Gasteiger partial charge in [-0.2, -0.15) is 0 Å². The minimum absolute atomic E-state index is 0.129. The third-order valence-electron chi connectivity index (χ3n) is 4.22. The lowest BCUT2D eigenvalue weighted by Gasteiger charge is -2.18. The second kappa shape index (κ2) is 6.94. The summed E-state index contributed by atoms with van der Waals surface area (Å²) in [4.78, 5) is 12.2. The first-order chi connectivity index (χ1) is 11.9. The van der Waals surface area contributed by atoms with E-state index in [1.807, 2.05) is 54.6 Å². The molecule has 0 fully saturated rings. The average molecular weight is 329 g/mol. The molecule has 0 saturated carbocycles. The Morgan fingerprint density at radius 3 is 2.24 bits per heavy atom. The summed E-state index contributed by atoms with van der Waals surface area (Å²) in [7, 11) is 0. The summed E-state index contributed by atoms with van der Waals surface area (Å²) in [6.45, 7) is 6.57. The van der Waals surface area contributed by atoms with Crippen molar-refractivity contribution in [3.8, 4) is 0 Å². The zero-order valence-electron chi connectivity index (χ0n) is 14.9. The van der Waals surface area contributed by atoms with Crippen molar-refractivity contribution in [2.75, 3.05) is 5.32 Å². The Labute approximate surface area is 149 Å². The van der Waals surface area contributed by atoms with Crippen molar-refractivity contribution in [1.29, 1.82) is 0 Å². The lowest BCUT2D eigenvalue weighted by molar-refractivity contribution is -0.111. The monoisotopic (exact) mass is 329 g/mol. The average Bonchev–Trinajstić information content (AvgIpc) is 2.59. The number of rotatable bonds is 3. The lowest BCUT2D eigenvalue weighted by Crippen LogP contribution is -2.10. The van der Waals surface area contributed by atoms with Gasteiger partial charge in [-0.3, -0.25) is 4.79 Å². The Hall–Kier alpha value is -2.87. The third-order valence-corrected chi connectivity index (χ3v) is 4.22. The Morgan fingerprint density at radius 1 is 0.880 bits per heavy atom. The fourth-order valence-corrected chi connectivity index (χ4v) is 2.72. The van der Waals surface area contributed by atoms with Gasteiger partial charge < -0.3 is 5.32 Å². The van der Waals surface area contributed by atoms with Gasteiger partial charge in [0.2, 0.25) is 5.91 Å². The van der Waals surface area contributed by atoms with Gasteiger partial charge >= 0.3 is 0 Å². The van der Waals surface area contributed by atoms with Crippen molar-refractivity contribution in [1.82, 2.24) is 0 Å². The smallest absolute Gasteiger partial charge is 0.248 e. The van der Waals surface area contributed by atoms with Crippen molar-refractivity contribution in [3.63, 3.8) is 0 Å². The van der Waals surface area contributed by atoms with Gasteiger partial charge in [-0.15, -0.1) is 0 Å². The molecule has 0 unspecified atom stereocenters. The van der Waals surface area contributed by atoms with Crippen LogP contribution in [0.5, 0.6) is 0 Å². The number of amides is 1. The molecule has 2 heteroatoms. The largest absolute Gasteiger partial charge is 0.322 e. The van der Waals surface area contributed by atoms with E-state index in [0.29, 0.717) is 0 Å². The van der Waals surface area contributed by atoms with E-state index in [9.17, 15) is 4.79 Å². The van der Waals surface area contributed by atoms with Crippen LogP contribution in [0.15, 0.2) is 72.8 Å². The number of hydrogen-bond acceptors (Lipinski definition) is 1. The van der Waals surface area contributed by atoms with Crippen LogP contribution in [-0.4, -0.2) is 5.91 Å². The molecule has 0 aliphatic rings. The van der Waals surface area contributed by atoms with Crippen molar-refractivity contribution in [2.24, 2.45) is 0 Å². The Balaban J connectivity index is 1.67. The van der Waals surface area contributed by atoms with Crippen LogP contribution in [-0.2, 0) is 10.2 Å². The summed E-state index contributed by atoms with van der Waals surface area (Å²) in [5.74, 6) is -0.129. The molecule has 0 aliphatic carbocycles. The fraction of sp³-hybridized carbons (Fsp3) is 0.174. The molecule has 126 valence electrons. The second-order valence-corrected chi connectivity index (χ2v) is 7.26. The van der Waals surface area contributed by atoms with Crippen molar-refractivity contribution < 1.29 is 4.79 Å². The number of hydrogen-bond donors (Lipinski definition) is 1. The molecule has 2 nitrogen and oxygen atoms in total. The lowest BCUT2D eigenvalue weighted by atomic mass is 9.87. The van der Waals surface area contributed by atoms with Crippen molar-refractivity contribution >= 4 is 28.4 Å². The van der Waals surface area contributed by atoms with E-state index in [2.05, 4.69) is 44.3 Å². The van der Waals surface area contributed by atoms with Gasteiger partial charge in [0.1, 0.15) is 0 Å². The van der Waals surface area contributed by atoms with E-state index < -0.39 is 0 Å². The molecule has 25 heavy (non-hydrogen) atoms. The molecule has 3 rings (SSSR count). The topological polar surface area (TPSA) is 29.1 Å². The highest BCUT2D eigenvalue weighted by atomic mass is 16.1. The number of anilines is 1. The number of carbonyl (C=O) groups is 1. The number of carbonyl (C=O) groups excluding carboxylic acids is 1. The predicted octanol–water partition coefficient (Wildman–Crippen LogP) is 5.79. The van der Waals surface area contributed by atoms with Crippen molar-refractivity contribution in [3.05, 3.63) is 83.9 Å². The number of nitrogens with one attached hydrogen (secondary N) is 1. The molecule has 0 atom stereocenters. The van der Waals surface area contributed by atoms with E-state index in [4.69, 9.17) is 0 Å². The summed E-state index contributed by atoms with van der Waals surface area (Å²) in [5, 5.41) is 5.19. The molecular weight excluding hydrogens is 306 g/mol. The summed E-state index contributed by atoms with van der Waals surface area (Å²) in [6.07, 6.45) is 3.41. The standard InChI is InChI=1S/C23H23NO/c1-23(2,3)20-12-8-17(9-13-20)10-15-22(25)24-21-14-11-18-6-4-5-7-19(18)16-21/h4-16H,1-3H3,(H,24,25). The van der Waals surface area contributed by atoms with Crippen LogP contribution in [0.4, 0.5) is 5.69 Å². The number of benzene rings is 3. The number of fused-ring (bicyclic) bond motifs is 1. The molecule has 1 N–H and O–H groups in total. The van der Waals surface area contributed by atoms with Crippen molar-refractivity contribution in [2.45, 2.75) is 26.2 Å². The van der Waals surface area contributed by atoms with Gasteiger partial charge in [0.05, 0.1) is 0 Å². The van der Waals surface area contributed by atoms with Gasteiger partial charge in [0, 0.05) is 11.8 Å². The molecule has 0 aromatic heterocycles. The summed E-state index contributed by atoms with van der Waals surface area (Å²) in [5.41, 5.74) is 3.23. The van der Waals surface area contributed by atoms with Crippen LogP contribution in [0.2, 0.25) is 0 Å². The maximum atomic E-state index is 12.2. The SMILES string of the molecule is CC(C)(C)c1ccc(C=CC(=O)Nc2ccc3ccccc3c2)cc1.